The van der Waals surface area contributed by atoms with E-state index in [0.29, 0.717) is 5.75 Å². The predicted molar refractivity (Wildman–Crippen MR) is 63.5 cm³/mol. The number of thioether (sulfide) groups is 1. The molecule has 0 saturated heterocycles. The van der Waals surface area contributed by atoms with Crippen molar-refractivity contribution in [3.05, 3.63) is 40.4 Å². The van der Waals surface area contributed by atoms with Crippen LogP contribution < -0.4 is 0 Å². The van der Waals surface area contributed by atoms with Crippen LogP contribution in [0, 0.1) is 11.6 Å². The van der Waals surface area contributed by atoms with Crippen LogP contribution in [0.5, 0.6) is 0 Å². The molecule has 0 aromatic heterocycles. The van der Waals surface area contributed by atoms with Crippen molar-refractivity contribution in [3.8, 4) is 0 Å². The minimum absolute atomic E-state index is 0.0118. The molecule has 0 N–H and O–H groups in total. The van der Waals surface area contributed by atoms with Gasteiger partial charge in [-0.15, -0.1) is 0 Å². The van der Waals surface area contributed by atoms with Crippen LogP contribution in [0.2, 0.25) is 5.02 Å². The highest BCUT2D eigenvalue weighted by Crippen LogP contribution is 2.22. The summed E-state index contributed by atoms with van der Waals surface area (Å²) in [6, 6.07) is 2.40. The molecule has 0 fully saturated rings. The first-order valence-electron chi connectivity index (χ1n) is 4.45. The molecule has 86 valence electrons. The minimum Gasteiger partial charge on any atom is -0.288 e. The third-order valence-electron chi connectivity index (χ3n) is 1.75. The summed E-state index contributed by atoms with van der Waals surface area (Å²) in [7, 11) is 0. The lowest BCUT2D eigenvalue weighted by Crippen LogP contribution is -1.88. The van der Waals surface area contributed by atoms with E-state index in [1.807, 2.05) is 0 Å². The van der Waals surface area contributed by atoms with Crippen LogP contribution in [0.25, 0.3) is 6.08 Å². The van der Waals surface area contributed by atoms with Gasteiger partial charge in [0.1, 0.15) is 10.8 Å². The topological polar surface area (TPSA) is 17.1 Å². The molecule has 0 unspecified atom stereocenters. The standard InChI is InChI=1S/C11H9ClF2OS/c1-7(15)16-6-2-3-8-4-5-9(13)10(12)11(8)14/h2-5H,6H2,1H3. The van der Waals surface area contributed by atoms with Crippen molar-refractivity contribution in [2.24, 2.45) is 0 Å². The van der Waals surface area contributed by atoms with Gasteiger partial charge in [-0.05, 0) is 12.1 Å². The number of halogens is 3. The van der Waals surface area contributed by atoms with E-state index in [1.165, 1.54) is 19.1 Å². The van der Waals surface area contributed by atoms with Gasteiger partial charge in [0.2, 0.25) is 0 Å². The molecule has 1 aromatic rings. The Bertz CT molecular complexity index is 432. The van der Waals surface area contributed by atoms with E-state index in [9.17, 15) is 13.6 Å². The number of hydrogen-bond donors (Lipinski definition) is 0. The average Bonchev–Trinajstić information content (AvgIpc) is 2.23. The smallest absolute Gasteiger partial charge is 0.186 e. The van der Waals surface area contributed by atoms with E-state index in [4.69, 9.17) is 11.6 Å². The van der Waals surface area contributed by atoms with Crippen molar-refractivity contribution in [2.75, 3.05) is 5.75 Å². The molecule has 1 aromatic carbocycles. The summed E-state index contributed by atoms with van der Waals surface area (Å²) in [5, 5.41) is -0.524. The van der Waals surface area contributed by atoms with Crippen molar-refractivity contribution < 1.29 is 13.6 Å². The molecule has 0 spiro atoms. The lowest BCUT2D eigenvalue weighted by molar-refractivity contribution is -0.109. The van der Waals surface area contributed by atoms with Gasteiger partial charge >= 0.3 is 0 Å². The molecule has 1 nitrogen and oxygen atoms in total. The molecular weight excluding hydrogens is 254 g/mol. The van der Waals surface area contributed by atoms with Crippen LogP contribution >= 0.6 is 23.4 Å². The highest BCUT2D eigenvalue weighted by Gasteiger charge is 2.08. The maximum atomic E-state index is 13.4. The van der Waals surface area contributed by atoms with Crippen molar-refractivity contribution in [1.29, 1.82) is 0 Å². The van der Waals surface area contributed by atoms with Crippen molar-refractivity contribution in [2.45, 2.75) is 6.92 Å². The minimum atomic E-state index is -0.786. The van der Waals surface area contributed by atoms with E-state index in [1.54, 1.807) is 6.08 Å². The van der Waals surface area contributed by atoms with Crippen molar-refractivity contribution in [1.82, 2.24) is 0 Å². The monoisotopic (exact) mass is 262 g/mol. The van der Waals surface area contributed by atoms with Gasteiger partial charge in [-0.25, -0.2) is 8.78 Å². The van der Waals surface area contributed by atoms with Crippen molar-refractivity contribution in [3.63, 3.8) is 0 Å². The van der Waals surface area contributed by atoms with Crippen LogP contribution in [0.4, 0.5) is 8.78 Å². The highest BCUT2D eigenvalue weighted by molar-refractivity contribution is 8.13. The summed E-state index contributed by atoms with van der Waals surface area (Å²) in [6.45, 7) is 1.45. The summed E-state index contributed by atoms with van der Waals surface area (Å²) in [5.41, 5.74) is 0.204. The Morgan fingerprint density at radius 2 is 2.19 bits per heavy atom. The summed E-state index contributed by atoms with van der Waals surface area (Å²) in [5.74, 6) is -1.12. The summed E-state index contributed by atoms with van der Waals surface area (Å²) < 4.78 is 26.2. The maximum absolute atomic E-state index is 13.4. The molecule has 0 heterocycles. The second-order valence-corrected chi connectivity index (χ2v) is 4.54. The average molecular weight is 263 g/mol. The normalized spacial score (nSPS) is 11.0. The number of carbonyl (C=O) groups is 1. The predicted octanol–water partition coefficient (Wildman–Crippen LogP) is 3.91. The highest BCUT2D eigenvalue weighted by atomic mass is 35.5. The fourth-order valence-electron chi connectivity index (χ4n) is 1.01. The first kappa shape index (κ1) is 13.2. The van der Waals surface area contributed by atoms with Gasteiger partial charge < -0.3 is 0 Å². The number of benzene rings is 1. The van der Waals surface area contributed by atoms with Gasteiger partial charge in [0.25, 0.3) is 0 Å². The largest absolute Gasteiger partial charge is 0.288 e. The second kappa shape index (κ2) is 6.01. The number of rotatable bonds is 3. The van der Waals surface area contributed by atoms with Gasteiger partial charge in [-0.1, -0.05) is 35.5 Å². The van der Waals surface area contributed by atoms with Crippen LogP contribution in [-0.4, -0.2) is 10.9 Å². The second-order valence-electron chi connectivity index (χ2n) is 2.97. The van der Waals surface area contributed by atoms with E-state index >= 15 is 0 Å². The SMILES string of the molecule is CC(=O)SCC=Cc1ccc(F)c(Cl)c1F. The first-order chi connectivity index (χ1) is 7.52. The Balaban J connectivity index is 2.74. The number of carbonyl (C=O) groups excluding carboxylic acids is 1. The molecule has 5 heteroatoms. The summed E-state index contributed by atoms with van der Waals surface area (Å²) in [6.07, 6.45) is 3.09. The molecule has 0 atom stereocenters. The molecule has 16 heavy (non-hydrogen) atoms. The zero-order valence-electron chi connectivity index (χ0n) is 8.47. The fourth-order valence-corrected chi connectivity index (χ4v) is 1.61. The van der Waals surface area contributed by atoms with Gasteiger partial charge in [-0.3, -0.25) is 4.79 Å². The summed E-state index contributed by atoms with van der Waals surface area (Å²) >= 11 is 6.51. The van der Waals surface area contributed by atoms with E-state index in [0.717, 1.165) is 17.8 Å². The van der Waals surface area contributed by atoms with E-state index in [2.05, 4.69) is 0 Å². The van der Waals surface area contributed by atoms with Gasteiger partial charge in [0.15, 0.2) is 10.9 Å². The lowest BCUT2D eigenvalue weighted by atomic mass is 10.2. The van der Waals surface area contributed by atoms with Crippen molar-refractivity contribution >= 4 is 34.6 Å². The molecule has 0 radical (unpaired) electrons. The Morgan fingerprint density at radius 1 is 1.50 bits per heavy atom. The molecule has 0 aliphatic rings. The third kappa shape index (κ3) is 3.61. The van der Waals surface area contributed by atoms with E-state index in [-0.39, 0.29) is 10.7 Å². The molecule has 0 saturated carbocycles. The van der Waals surface area contributed by atoms with Crippen LogP contribution in [0.15, 0.2) is 18.2 Å². The lowest BCUT2D eigenvalue weighted by Gasteiger charge is -2.00. The van der Waals surface area contributed by atoms with E-state index < -0.39 is 16.7 Å². The first-order valence-corrected chi connectivity index (χ1v) is 5.82. The quantitative estimate of drug-likeness (QED) is 0.768. The zero-order valence-corrected chi connectivity index (χ0v) is 10.0. The van der Waals surface area contributed by atoms with Crippen LogP contribution in [-0.2, 0) is 4.79 Å². The Hall–Kier alpha value is -0.870. The van der Waals surface area contributed by atoms with Crippen LogP contribution in [0.3, 0.4) is 0 Å². The van der Waals surface area contributed by atoms with Gasteiger partial charge in [0.05, 0.1) is 0 Å². The van der Waals surface area contributed by atoms with Crippen LogP contribution in [0.1, 0.15) is 12.5 Å². The Kier molecular flexibility index (Phi) is 4.96. The molecule has 0 bridgehead atoms. The molecule has 0 aliphatic heterocycles. The summed E-state index contributed by atoms with van der Waals surface area (Å²) in [4.78, 5) is 10.6. The zero-order chi connectivity index (χ0) is 12.1. The Labute approximate surface area is 101 Å². The third-order valence-corrected chi connectivity index (χ3v) is 2.86. The maximum Gasteiger partial charge on any atom is 0.186 e. The fraction of sp³-hybridized carbons (Fsp3) is 0.182. The molecule has 0 amide bonds. The van der Waals surface area contributed by atoms with Gasteiger partial charge in [0, 0.05) is 18.2 Å². The van der Waals surface area contributed by atoms with Gasteiger partial charge in [-0.2, -0.15) is 0 Å². The molecule has 0 aliphatic carbocycles. The molecular formula is C11H9ClF2OS. The Morgan fingerprint density at radius 3 is 2.81 bits per heavy atom. The molecule has 1 rings (SSSR count). The number of hydrogen-bond acceptors (Lipinski definition) is 2.